The van der Waals surface area contributed by atoms with E-state index in [4.69, 9.17) is 5.11 Å². The van der Waals surface area contributed by atoms with Crippen LogP contribution in [0.3, 0.4) is 0 Å². The van der Waals surface area contributed by atoms with Gasteiger partial charge in [-0.25, -0.2) is 9.78 Å². The summed E-state index contributed by atoms with van der Waals surface area (Å²) in [6, 6.07) is 4.97. The minimum Gasteiger partial charge on any atom is -0.478 e. The maximum Gasteiger partial charge on any atom is 0.335 e. The Hall–Kier alpha value is -2.63. The van der Waals surface area contributed by atoms with E-state index in [0.717, 1.165) is 11.1 Å². The van der Waals surface area contributed by atoms with Crippen LogP contribution in [0.1, 0.15) is 32.0 Å². The van der Waals surface area contributed by atoms with Crippen molar-refractivity contribution in [2.45, 2.75) is 13.1 Å². The van der Waals surface area contributed by atoms with Crippen molar-refractivity contribution in [1.29, 1.82) is 0 Å². The normalized spacial score (nSPS) is 13.3. The molecule has 0 aliphatic carbocycles. The average molecular weight is 271 g/mol. The summed E-state index contributed by atoms with van der Waals surface area (Å²) in [4.78, 5) is 28.9. The minimum atomic E-state index is -0.954. The number of carbonyl (C=O) groups excluding carboxylic acids is 1. The molecule has 2 aromatic rings. The number of hydrogen-bond donors (Lipinski definition) is 1. The van der Waals surface area contributed by atoms with Gasteiger partial charge in [0.1, 0.15) is 5.69 Å². The van der Waals surface area contributed by atoms with Crippen LogP contribution in [0.4, 0.5) is 0 Å². The second-order valence-corrected chi connectivity index (χ2v) is 4.84. The van der Waals surface area contributed by atoms with Gasteiger partial charge in [-0.1, -0.05) is 6.07 Å². The van der Waals surface area contributed by atoms with E-state index in [2.05, 4.69) is 4.98 Å². The minimum absolute atomic E-state index is 0.0990. The van der Waals surface area contributed by atoms with E-state index in [1.165, 1.54) is 6.20 Å². The molecule has 0 bridgehead atoms. The van der Waals surface area contributed by atoms with Crippen LogP contribution >= 0.6 is 0 Å². The number of rotatable bonds is 2. The van der Waals surface area contributed by atoms with Gasteiger partial charge in [-0.05, 0) is 23.3 Å². The highest BCUT2D eigenvalue weighted by molar-refractivity contribution is 5.93. The van der Waals surface area contributed by atoms with Crippen LogP contribution in [0.25, 0.3) is 0 Å². The number of aryl methyl sites for hydroxylation is 1. The molecule has 0 saturated carbocycles. The zero-order chi connectivity index (χ0) is 14.3. The van der Waals surface area contributed by atoms with Crippen molar-refractivity contribution in [3.63, 3.8) is 0 Å². The van der Waals surface area contributed by atoms with Crippen molar-refractivity contribution < 1.29 is 14.7 Å². The number of fused-ring (bicyclic) bond motifs is 1. The fourth-order valence-corrected chi connectivity index (χ4v) is 2.40. The van der Waals surface area contributed by atoms with Gasteiger partial charge in [-0.15, -0.1) is 0 Å². The lowest BCUT2D eigenvalue weighted by molar-refractivity contribution is 0.0696. The highest BCUT2D eigenvalue weighted by Gasteiger charge is 2.26. The van der Waals surface area contributed by atoms with Crippen LogP contribution < -0.4 is 0 Å². The highest BCUT2D eigenvalue weighted by Crippen LogP contribution is 2.25. The first kappa shape index (κ1) is 12.4. The highest BCUT2D eigenvalue weighted by atomic mass is 16.4. The summed E-state index contributed by atoms with van der Waals surface area (Å²) in [5.41, 5.74) is 2.65. The molecule has 2 heterocycles. The smallest absolute Gasteiger partial charge is 0.335 e. The monoisotopic (exact) mass is 271 g/mol. The molecule has 102 valence electrons. The molecule has 0 unspecified atom stereocenters. The molecule has 3 rings (SSSR count). The zero-order valence-electron chi connectivity index (χ0n) is 10.9. The average Bonchev–Trinajstić information content (AvgIpc) is 3.02. The summed E-state index contributed by atoms with van der Waals surface area (Å²) in [7, 11) is 1.77. The van der Waals surface area contributed by atoms with Crippen LogP contribution in [-0.2, 0) is 20.1 Å². The van der Waals surface area contributed by atoms with Crippen LogP contribution in [0.5, 0.6) is 0 Å². The lowest BCUT2D eigenvalue weighted by atomic mass is 10.1. The number of benzene rings is 1. The van der Waals surface area contributed by atoms with E-state index >= 15 is 0 Å². The molecule has 1 aromatic heterocycles. The third-order valence-corrected chi connectivity index (χ3v) is 3.50. The van der Waals surface area contributed by atoms with E-state index < -0.39 is 5.97 Å². The molecule has 0 saturated heterocycles. The summed E-state index contributed by atoms with van der Waals surface area (Å²) in [5, 5.41) is 8.99. The Morgan fingerprint density at radius 2 is 2.00 bits per heavy atom. The van der Waals surface area contributed by atoms with Crippen LogP contribution in [0, 0.1) is 0 Å². The molecule has 0 fully saturated rings. The predicted octanol–water partition coefficient (Wildman–Crippen LogP) is 1.27. The molecule has 0 atom stereocenters. The van der Waals surface area contributed by atoms with Crippen molar-refractivity contribution in [3.8, 4) is 0 Å². The summed E-state index contributed by atoms with van der Waals surface area (Å²) in [6.07, 6.45) is 3.12. The number of imidazole rings is 1. The van der Waals surface area contributed by atoms with Gasteiger partial charge < -0.3 is 14.6 Å². The van der Waals surface area contributed by atoms with Gasteiger partial charge in [0.2, 0.25) is 0 Å². The molecule has 1 aromatic carbocycles. The molecule has 1 amide bonds. The number of nitrogens with zero attached hydrogens (tertiary/aromatic N) is 3. The Morgan fingerprint density at radius 3 is 2.65 bits per heavy atom. The predicted molar refractivity (Wildman–Crippen MR) is 70.2 cm³/mol. The number of hydrogen-bond acceptors (Lipinski definition) is 3. The first-order chi connectivity index (χ1) is 9.56. The molecular formula is C14H13N3O3. The lowest BCUT2D eigenvalue weighted by Gasteiger charge is -2.15. The van der Waals surface area contributed by atoms with E-state index in [-0.39, 0.29) is 11.5 Å². The Balaban J connectivity index is 1.85. The van der Waals surface area contributed by atoms with Crippen molar-refractivity contribution in [2.75, 3.05) is 0 Å². The van der Waals surface area contributed by atoms with Gasteiger partial charge in [-0.2, -0.15) is 0 Å². The zero-order valence-corrected chi connectivity index (χ0v) is 10.9. The van der Waals surface area contributed by atoms with Gasteiger partial charge in [0, 0.05) is 20.1 Å². The Labute approximate surface area is 115 Å². The second kappa shape index (κ2) is 4.48. The number of carbonyl (C=O) groups is 2. The van der Waals surface area contributed by atoms with Crippen molar-refractivity contribution in [2.24, 2.45) is 7.05 Å². The summed E-state index contributed by atoms with van der Waals surface area (Å²) in [5.74, 6) is -1.05. The van der Waals surface area contributed by atoms with E-state index in [0.29, 0.717) is 18.8 Å². The SMILES string of the molecule is Cn1cncc1C(=O)N1Cc2ccc(C(=O)O)cc2C1. The molecular weight excluding hydrogens is 258 g/mol. The van der Waals surface area contributed by atoms with Gasteiger partial charge in [-0.3, -0.25) is 4.79 Å². The Morgan fingerprint density at radius 1 is 1.25 bits per heavy atom. The fourth-order valence-electron chi connectivity index (χ4n) is 2.40. The number of aromatic carboxylic acids is 1. The third kappa shape index (κ3) is 1.95. The molecule has 0 radical (unpaired) electrons. The molecule has 0 spiro atoms. The van der Waals surface area contributed by atoms with E-state index in [9.17, 15) is 9.59 Å². The summed E-state index contributed by atoms with van der Waals surface area (Å²) in [6.45, 7) is 0.930. The maximum absolute atomic E-state index is 12.4. The van der Waals surface area contributed by atoms with E-state index in [1.807, 2.05) is 0 Å². The third-order valence-electron chi connectivity index (χ3n) is 3.50. The summed E-state index contributed by atoms with van der Waals surface area (Å²) >= 11 is 0. The molecule has 6 nitrogen and oxygen atoms in total. The second-order valence-electron chi connectivity index (χ2n) is 4.84. The Kier molecular flexibility index (Phi) is 2.78. The van der Waals surface area contributed by atoms with Gasteiger partial charge in [0.05, 0.1) is 18.1 Å². The lowest BCUT2D eigenvalue weighted by Crippen LogP contribution is -2.26. The van der Waals surface area contributed by atoms with Gasteiger partial charge in [0.15, 0.2) is 0 Å². The number of carboxylic acid groups (broad SMARTS) is 1. The largest absolute Gasteiger partial charge is 0.478 e. The molecule has 6 heteroatoms. The number of aromatic nitrogens is 2. The standard InChI is InChI=1S/C14H13N3O3/c1-16-8-15-5-12(16)13(18)17-6-10-3-2-9(14(19)20)4-11(10)7-17/h2-5,8H,6-7H2,1H3,(H,19,20). The van der Waals surface area contributed by atoms with Crippen LogP contribution in [0.15, 0.2) is 30.7 Å². The van der Waals surface area contributed by atoms with Crippen LogP contribution in [0.2, 0.25) is 0 Å². The number of carboxylic acids is 1. The number of amides is 1. The molecule has 20 heavy (non-hydrogen) atoms. The first-order valence-corrected chi connectivity index (χ1v) is 6.17. The molecule has 1 N–H and O–H groups in total. The van der Waals surface area contributed by atoms with Crippen LogP contribution in [-0.4, -0.2) is 31.4 Å². The van der Waals surface area contributed by atoms with Crippen molar-refractivity contribution in [1.82, 2.24) is 14.5 Å². The van der Waals surface area contributed by atoms with Gasteiger partial charge in [0.25, 0.3) is 5.91 Å². The van der Waals surface area contributed by atoms with Gasteiger partial charge >= 0.3 is 5.97 Å². The van der Waals surface area contributed by atoms with Crippen molar-refractivity contribution in [3.05, 3.63) is 53.1 Å². The first-order valence-electron chi connectivity index (χ1n) is 6.17. The quantitative estimate of drug-likeness (QED) is 0.892. The van der Waals surface area contributed by atoms with E-state index in [1.54, 1.807) is 41.0 Å². The Bertz CT molecular complexity index is 705. The van der Waals surface area contributed by atoms with Crippen molar-refractivity contribution >= 4 is 11.9 Å². The fraction of sp³-hybridized carbons (Fsp3) is 0.214. The summed E-state index contributed by atoms with van der Waals surface area (Å²) < 4.78 is 1.67. The molecule has 1 aliphatic rings. The maximum atomic E-state index is 12.4. The topological polar surface area (TPSA) is 75.4 Å². The molecule has 1 aliphatic heterocycles.